The number of methoxy groups -OCH3 is 4. The Bertz CT molecular complexity index is 2220. The van der Waals surface area contributed by atoms with E-state index in [9.17, 15) is 50.8 Å². The first kappa shape index (κ1) is 48.4. The lowest BCUT2D eigenvalue weighted by Crippen LogP contribution is -2.35. The van der Waals surface area contributed by atoms with E-state index in [0.717, 1.165) is 37.5 Å². The number of carbonyl (C=O) groups excluding carboxylic acids is 5. The molecule has 4 aromatic rings. The molecule has 0 radical (unpaired) electrons. The van der Waals surface area contributed by atoms with Crippen LogP contribution in [0, 0.1) is 10.1 Å². The van der Waals surface area contributed by atoms with Crippen molar-refractivity contribution in [1.82, 2.24) is 0 Å². The number of nitrogens with zero attached hydrogens (tertiary/aromatic N) is 1. The Kier molecular flexibility index (Phi) is 16.9. The standard InChI is InChI=1S/C20H20F3NO6.C20H17F3O5.CO2/c1-4-13(9-12-5-7-14(28-2)8-6-12)30-18-11-16(20(21,22)23)15(19(25)29-3)10-17(18)24(26)27;1-26-13-5-3-11(4-6-13)7-18-16(24)9-12-8-14(19(25)27-2)15(20(21,22)23)10-17(12)28-18;2-1-3/h5-8,10-11,13H,4,9H2,1-3H3;3-6,8,10,18H,7,9H2,1-2H3;/t13-;18-;/m10./s1. The second-order valence-electron chi connectivity index (χ2n) is 12.7. The lowest BCUT2D eigenvalue weighted by Gasteiger charge is -2.26. The number of nitro groups is 1. The summed E-state index contributed by atoms with van der Waals surface area (Å²) in [6.45, 7) is 1.74. The van der Waals surface area contributed by atoms with Crippen molar-refractivity contribution in [3.63, 3.8) is 0 Å². The summed E-state index contributed by atoms with van der Waals surface area (Å²) in [5.74, 6) is -2.07. The number of halogens is 6. The first-order valence-electron chi connectivity index (χ1n) is 17.7. The van der Waals surface area contributed by atoms with E-state index in [-0.39, 0.29) is 36.1 Å². The molecule has 0 N–H and O–H groups in total. The van der Waals surface area contributed by atoms with E-state index >= 15 is 0 Å². The number of ether oxygens (including phenoxy) is 6. The lowest BCUT2D eigenvalue weighted by atomic mass is 9.93. The van der Waals surface area contributed by atoms with Gasteiger partial charge in [0, 0.05) is 37.0 Å². The van der Waals surface area contributed by atoms with E-state index in [1.54, 1.807) is 55.5 Å². The van der Waals surface area contributed by atoms with E-state index in [2.05, 4.69) is 9.47 Å². The number of esters is 2. The fourth-order valence-electron chi connectivity index (χ4n) is 5.83. The van der Waals surface area contributed by atoms with E-state index in [1.165, 1.54) is 14.2 Å². The minimum atomic E-state index is -4.94. The summed E-state index contributed by atoms with van der Waals surface area (Å²) in [6.07, 6.45) is -10.2. The molecule has 5 rings (SSSR count). The van der Waals surface area contributed by atoms with Crippen molar-refractivity contribution in [2.75, 3.05) is 28.4 Å². The molecule has 14 nitrogen and oxygen atoms in total. The molecule has 0 aliphatic carbocycles. The molecule has 0 saturated heterocycles. The largest absolute Gasteiger partial charge is 0.497 e. The third-order valence-corrected chi connectivity index (χ3v) is 8.86. The van der Waals surface area contributed by atoms with Gasteiger partial charge in [0.05, 0.1) is 55.6 Å². The fourth-order valence-corrected chi connectivity index (χ4v) is 5.83. The highest BCUT2D eigenvalue weighted by Gasteiger charge is 2.40. The van der Waals surface area contributed by atoms with Crippen LogP contribution in [0.2, 0.25) is 0 Å². The minimum absolute atomic E-state index is 0.0573. The van der Waals surface area contributed by atoms with Crippen molar-refractivity contribution < 1.29 is 83.7 Å². The summed E-state index contributed by atoms with van der Waals surface area (Å²) in [5.41, 5.74) is -3.05. The van der Waals surface area contributed by atoms with Crippen molar-refractivity contribution in [2.24, 2.45) is 0 Å². The van der Waals surface area contributed by atoms with Gasteiger partial charge in [-0.05, 0) is 53.9 Å². The quantitative estimate of drug-likeness (QED) is 0.0581. The number of benzene rings is 4. The van der Waals surface area contributed by atoms with Gasteiger partial charge in [-0.15, -0.1) is 0 Å². The Morgan fingerprint density at radius 3 is 1.72 bits per heavy atom. The third kappa shape index (κ3) is 13.0. The van der Waals surface area contributed by atoms with Gasteiger partial charge in [0.1, 0.15) is 23.4 Å². The number of alkyl halides is 6. The molecule has 1 aliphatic rings. The van der Waals surface area contributed by atoms with Crippen LogP contribution in [-0.2, 0) is 55.5 Å². The van der Waals surface area contributed by atoms with Crippen LogP contribution in [-0.4, -0.2) is 69.4 Å². The summed E-state index contributed by atoms with van der Waals surface area (Å²) in [5, 5.41) is 11.4. The van der Waals surface area contributed by atoms with Gasteiger partial charge in [-0.1, -0.05) is 31.2 Å². The average molecular weight is 866 g/mol. The number of nitro benzene ring substituents is 1. The Morgan fingerprint density at radius 2 is 1.28 bits per heavy atom. The molecule has 0 fully saturated rings. The van der Waals surface area contributed by atoms with Gasteiger partial charge in [-0.3, -0.25) is 14.9 Å². The summed E-state index contributed by atoms with van der Waals surface area (Å²) in [7, 11) is 4.93. The van der Waals surface area contributed by atoms with Crippen molar-refractivity contribution in [1.29, 1.82) is 0 Å². The maximum Gasteiger partial charge on any atom is 0.417 e. The SMILES string of the molecule is CC[C@H](Cc1ccc(OC)cc1)Oc1cc(C(F)(F)F)c(C(=O)OC)cc1[N+](=O)[O-].COC(=O)c1cc2c(cc1C(F)(F)F)O[C@@H](Cc1ccc(OC)cc1)C(=O)C2.O=C=O. The van der Waals surface area contributed by atoms with Gasteiger partial charge in [0.15, 0.2) is 17.6 Å². The maximum atomic E-state index is 13.5. The Balaban J connectivity index is 0.000000306. The molecule has 0 amide bonds. The van der Waals surface area contributed by atoms with Gasteiger partial charge in [-0.2, -0.15) is 35.9 Å². The Labute approximate surface area is 343 Å². The van der Waals surface area contributed by atoms with Crippen LogP contribution in [0.25, 0.3) is 0 Å². The number of hydrogen-bond donors (Lipinski definition) is 0. The highest BCUT2D eigenvalue weighted by molar-refractivity contribution is 5.94. The van der Waals surface area contributed by atoms with Crippen LogP contribution in [0.15, 0.2) is 72.8 Å². The van der Waals surface area contributed by atoms with Crippen LogP contribution in [0.3, 0.4) is 0 Å². The smallest absolute Gasteiger partial charge is 0.417 e. The highest BCUT2D eigenvalue weighted by Crippen LogP contribution is 2.41. The zero-order valence-corrected chi connectivity index (χ0v) is 32.9. The van der Waals surface area contributed by atoms with E-state index in [0.29, 0.717) is 36.5 Å². The van der Waals surface area contributed by atoms with Crippen molar-refractivity contribution in [2.45, 2.75) is 57.2 Å². The van der Waals surface area contributed by atoms with Crippen LogP contribution in [0.1, 0.15) is 61.9 Å². The number of rotatable bonds is 12. The topological polar surface area (TPSA) is 184 Å². The van der Waals surface area contributed by atoms with Crippen molar-refractivity contribution in [3.05, 3.63) is 122 Å². The molecule has 2 atom stereocenters. The van der Waals surface area contributed by atoms with Gasteiger partial charge in [0.2, 0.25) is 0 Å². The van der Waals surface area contributed by atoms with Gasteiger partial charge in [0.25, 0.3) is 0 Å². The molecule has 61 heavy (non-hydrogen) atoms. The molecular formula is C41H37F6NO13. The lowest BCUT2D eigenvalue weighted by molar-refractivity contribution is -0.386. The summed E-state index contributed by atoms with van der Waals surface area (Å²) < 4.78 is 111. The van der Waals surface area contributed by atoms with Crippen molar-refractivity contribution in [3.8, 4) is 23.0 Å². The molecule has 0 aromatic heterocycles. The number of hydrogen-bond acceptors (Lipinski definition) is 13. The van der Waals surface area contributed by atoms with Gasteiger partial charge < -0.3 is 28.4 Å². The Hall–Kier alpha value is -6.95. The molecule has 1 heterocycles. The first-order valence-corrected chi connectivity index (χ1v) is 17.7. The first-order chi connectivity index (χ1) is 28.7. The number of carbonyl (C=O) groups is 3. The van der Waals surface area contributed by atoms with Crippen LogP contribution < -0.4 is 18.9 Å². The maximum absolute atomic E-state index is 13.5. The molecule has 0 spiro atoms. The van der Waals surface area contributed by atoms with Crippen molar-refractivity contribution >= 4 is 29.6 Å². The predicted octanol–water partition coefficient (Wildman–Crippen LogP) is 7.84. The normalized spacial score (nSPS) is 13.6. The predicted molar refractivity (Wildman–Crippen MR) is 198 cm³/mol. The van der Waals surface area contributed by atoms with E-state index in [4.69, 9.17) is 28.5 Å². The van der Waals surface area contributed by atoms with E-state index < -0.39 is 75.1 Å². The molecular weight excluding hydrogens is 828 g/mol. The summed E-state index contributed by atoms with van der Waals surface area (Å²) >= 11 is 0. The monoisotopic (exact) mass is 865 g/mol. The molecule has 0 unspecified atom stereocenters. The minimum Gasteiger partial charge on any atom is -0.497 e. The number of ketones is 1. The van der Waals surface area contributed by atoms with Gasteiger partial charge in [-0.25, -0.2) is 9.59 Å². The molecule has 0 saturated carbocycles. The molecule has 4 aromatic carbocycles. The Morgan fingerprint density at radius 1 is 0.803 bits per heavy atom. The number of Topliss-reactive ketones (excluding diaryl/α,β-unsaturated/α-hetero) is 1. The third-order valence-electron chi connectivity index (χ3n) is 8.86. The van der Waals surface area contributed by atoms with Crippen LogP contribution >= 0.6 is 0 Å². The summed E-state index contributed by atoms with van der Waals surface area (Å²) in [4.78, 5) is 62.7. The summed E-state index contributed by atoms with van der Waals surface area (Å²) in [6, 6.07) is 16.7. The molecule has 1 aliphatic heterocycles. The average Bonchev–Trinajstić information content (AvgIpc) is 3.22. The van der Waals surface area contributed by atoms with Crippen LogP contribution in [0.5, 0.6) is 23.0 Å². The zero-order valence-electron chi connectivity index (χ0n) is 32.9. The van der Waals surface area contributed by atoms with Gasteiger partial charge >= 0.3 is 36.1 Å². The molecule has 0 bridgehead atoms. The van der Waals surface area contributed by atoms with Crippen LogP contribution in [0.4, 0.5) is 32.0 Å². The fraction of sp³-hybridized carbons (Fsp3) is 0.317. The zero-order chi connectivity index (χ0) is 45.7. The molecule has 326 valence electrons. The molecule has 20 heteroatoms. The second-order valence-corrected chi connectivity index (χ2v) is 12.7. The second kappa shape index (κ2) is 21.3. The number of fused-ring (bicyclic) bond motifs is 1. The van der Waals surface area contributed by atoms with E-state index in [1.807, 2.05) is 0 Å². The highest BCUT2D eigenvalue weighted by atomic mass is 19.4.